The predicted molar refractivity (Wildman–Crippen MR) is 86.5 cm³/mol. The molecule has 0 spiro atoms. The molecule has 6 nitrogen and oxygen atoms in total. The van der Waals surface area contributed by atoms with Crippen LogP contribution in [0, 0.1) is 0 Å². The van der Waals surface area contributed by atoms with E-state index in [0.717, 1.165) is 22.5 Å². The zero-order chi connectivity index (χ0) is 15.8. The normalized spacial score (nSPS) is 20.0. The van der Waals surface area contributed by atoms with E-state index >= 15 is 0 Å². The second kappa shape index (κ2) is 5.39. The van der Waals surface area contributed by atoms with Gasteiger partial charge in [-0.3, -0.25) is 14.7 Å². The van der Waals surface area contributed by atoms with E-state index in [1.807, 2.05) is 30.3 Å². The van der Waals surface area contributed by atoms with Crippen LogP contribution in [0.3, 0.4) is 0 Å². The highest BCUT2D eigenvalue weighted by Gasteiger charge is 2.28. The minimum atomic E-state index is -0.101. The Kier molecular flexibility index (Phi) is 3.22. The summed E-state index contributed by atoms with van der Waals surface area (Å²) in [5.41, 5.74) is 3.65. The Morgan fingerprint density at radius 1 is 1.22 bits per heavy atom. The molecule has 3 heterocycles. The lowest BCUT2D eigenvalue weighted by molar-refractivity contribution is -0.116. The van der Waals surface area contributed by atoms with Gasteiger partial charge >= 0.3 is 6.03 Å². The van der Waals surface area contributed by atoms with Gasteiger partial charge in [-0.05, 0) is 29.3 Å². The van der Waals surface area contributed by atoms with Gasteiger partial charge in [0.2, 0.25) is 5.91 Å². The van der Waals surface area contributed by atoms with Crippen LogP contribution in [0.1, 0.15) is 23.5 Å². The topological polar surface area (TPSA) is 74.3 Å². The molecule has 4 rings (SSSR count). The molecule has 1 aromatic heterocycles. The van der Waals surface area contributed by atoms with Crippen LogP contribution in [0.2, 0.25) is 0 Å². The summed E-state index contributed by atoms with van der Waals surface area (Å²) in [7, 11) is 0. The first-order valence-electron chi connectivity index (χ1n) is 7.61. The number of anilines is 2. The van der Waals surface area contributed by atoms with Crippen molar-refractivity contribution in [3.8, 4) is 0 Å². The number of benzene rings is 1. The number of fused-ring (bicyclic) bond motifs is 1. The van der Waals surface area contributed by atoms with Crippen molar-refractivity contribution in [2.75, 3.05) is 23.3 Å². The molecule has 116 valence electrons. The molecule has 0 bridgehead atoms. The van der Waals surface area contributed by atoms with Crippen molar-refractivity contribution in [2.45, 2.75) is 12.3 Å². The summed E-state index contributed by atoms with van der Waals surface area (Å²) >= 11 is 0. The molecule has 1 atom stereocenters. The summed E-state index contributed by atoms with van der Waals surface area (Å²) in [6.07, 6.45) is 3.93. The third-order valence-electron chi connectivity index (χ3n) is 4.33. The van der Waals surface area contributed by atoms with Gasteiger partial charge in [0.15, 0.2) is 0 Å². The van der Waals surface area contributed by atoms with Crippen LogP contribution in [0.4, 0.5) is 16.2 Å². The number of nitrogens with one attached hydrogen (secondary N) is 2. The zero-order valence-corrected chi connectivity index (χ0v) is 12.5. The smallest absolute Gasteiger partial charge is 0.321 e. The molecule has 2 aromatic rings. The largest absolute Gasteiger partial charge is 0.336 e. The molecule has 0 saturated carbocycles. The Hall–Kier alpha value is -2.89. The maximum atomic E-state index is 12.1. The average molecular weight is 308 g/mol. The number of aromatic nitrogens is 1. The Morgan fingerprint density at radius 3 is 2.87 bits per heavy atom. The Balaban J connectivity index is 1.74. The molecule has 2 aliphatic rings. The SMILES string of the molecule is O=C1CC(c2cccnc2)c2ccc(N3CCNC3=O)cc2N1. The molecule has 1 saturated heterocycles. The van der Waals surface area contributed by atoms with Crippen molar-refractivity contribution in [1.82, 2.24) is 10.3 Å². The number of urea groups is 1. The number of pyridine rings is 1. The van der Waals surface area contributed by atoms with Crippen molar-refractivity contribution >= 4 is 23.3 Å². The number of amides is 3. The van der Waals surface area contributed by atoms with Crippen molar-refractivity contribution < 1.29 is 9.59 Å². The van der Waals surface area contributed by atoms with Gasteiger partial charge in [-0.15, -0.1) is 0 Å². The fraction of sp³-hybridized carbons (Fsp3) is 0.235. The maximum absolute atomic E-state index is 12.1. The number of carbonyl (C=O) groups is 2. The molecular weight excluding hydrogens is 292 g/mol. The van der Waals surface area contributed by atoms with E-state index in [9.17, 15) is 9.59 Å². The molecule has 0 aliphatic carbocycles. The van der Waals surface area contributed by atoms with Crippen LogP contribution in [-0.2, 0) is 4.79 Å². The van der Waals surface area contributed by atoms with Crippen LogP contribution < -0.4 is 15.5 Å². The molecule has 2 N–H and O–H groups in total. The third kappa shape index (κ3) is 2.42. The molecular formula is C17H16N4O2. The lowest BCUT2D eigenvalue weighted by Crippen LogP contribution is -2.28. The zero-order valence-electron chi connectivity index (χ0n) is 12.5. The van der Waals surface area contributed by atoms with E-state index in [4.69, 9.17) is 0 Å². The molecule has 6 heteroatoms. The van der Waals surface area contributed by atoms with Gasteiger partial charge in [0.25, 0.3) is 0 Å². The quantitative estimate of drug-likeness (QED) is 0.892. The third-order valence-corrected chi connectivity index (χ3v) is 4.33. The van der Waals surface area contributed by atoms with Crippen molar-refractivity contribution in [1.29, 1.82) is 0 Å². The lowest BCUT2D eigenvalue weighted by Gasteiger charge is -2.27. The van der Waals surface area contributed by atoms with Gasteiger partial charge in [0.05, 0.1) is 0 Å². The maximum Gasteiger partial charge on any atom is 0.321 e. The highest BCUT2D eigenvalue weighted by molar-refractivity contribution is 5.98. The highest BCUT2D eigenvalue weighted by atomic mass is 16.2. The summed E-state index contributed by atoms with van der Waals surface area (Å²) < 4.78 is 0. The second-order valence-electron chi connectivity index (χ2n) is 5.75. The first-order valence-corrected chi connectivity index (χ1v) is 7.61. The highest BCUT2D eigenvalue weighted by Crippen LogP contribution is 2.38. The van der Waals surface area contributed by atoms with E-state index in [1.54, 1.807) is 17.3 Å². The van der Waals surface area contributed by atoms with Crippen molar-refractivity contribution in [2.24, 2.45) is 0 Å². The van der Waals surface area contributed by atoms with E-state index in [0.29, 0.717) is 19.5 Å². The second-order valence-corrected chi connectivity index (χ2v) is 5.75. The van der Waals surface area contributed by atoms with E-state index in [1.165, 1.54) is 0 Å². The number of hydrogen-bond donors (Lipinski definition) is 2. The molecule has 1 unspecified atom stereocenters. The summed E-state index contributed by atoms with van der Waals surface area (Å²) in [5.74, 6) is -0.0247. The Labute approximate surface area is 133 Å². The van der Waals surface area contributed by atoms with Crippen LogP contribution >= 0.6 is 0 Å². The number of carbonyl (C=O) groups excluding carboxylic acids is 2. The lowest BCUT2D eigenvalue weighted by atomic mass is 9.85. The summed E-state index contributed by atoms with van der Waals surface area (Å²) in [5, 5.41) is 5.70. The van der Waals surface area contributed by atoms with Gasteiger partial charge in [0.1, 0.15) is 0 Å². The summed E-state index contributed by atoms with van der Waals surface area (Å²) in [6.45, 7) is 1.28. The Bertz CT molecular complexity index is 775. The van der Waals surface area contributed by atoms with Gasteiger partial charge in [-0.25, -0.2) is 4.79 Å². The summed E-state index contributed by atoms with van der Waals surface area (Å²) in [6, 6.07) is 9.57. The monoisotopic (exact) mass is 308 g/mol. The average Bonchev–Trinajstić information content (AvgIpc) is 3.00. The van der Waals surface area contributed by atoms with Gasteiger partial charge < -0.3 is 10.6 Å². The van der Waals surface area contributed by atoms with E-state index in [-0.39, 0.29) is 17.9 Å². The van der Waals surface area contributed by atoms with E-state index < -0.39 is 0 Å². The molecule has 1 fully saturated rings. The van der Waals surface area contributed by atoms with Crippen LogP contribution in [0.15, 0.2) is 42.7 Å². The molecule has 23 heavy (non-hydrogen) atoms. The van der Waals surface area contributed by atoms with Crippen LogP contribution in [0.25, 0.3) is 0 Å². The fourth-order valence-corrected chi connectivity index (χ4v) is 3.22. The Morgan fingerprint density at radius 2 is 2.13 bits per heavy atom. The minimum absolute atomic E-state index is 0.00564. The number of nitrogens with zero attached hydrogens (tertiary/aromatic N) is 2. The molecule has 2 aliphatic heterocycles. The number of rotatable bonds is 2. The van der Waals surface area contributed by atoms with Gasteiger partial charge in [0, 0.05) is 49.2 Å². The van der Waals surface area contributed by atoms with Gasteiger partial charge in [-0.1, -0.05) is 12.1 Å². The van der Waals surface area contributed by atoms with Crippen molar-refractivity contribution in [3.63, 3.8) is 0 Å². The fourth-order valence-electron chi connectivity index (χ4n) is 3.22. The molecule has 0 radical (unpaired) electrons. The predicted octanol–water partition coefficient (Wildman–Crippen LogP) is 2.09. The van der Waals surface area contributed by atoms with Crippen LogP contribution in [0.5, 0.6) is 0 Å². The first-order chi connectivity index (χ1) is 11.2. The minimum Gasteiger partial charge on any atom is -0.336 e. The van der Waals surface area contributed by atoms with E-state index in [2.05, 4.69) is 15.6 Å². The standard InChI is InChI=1S/C17H16N4O2/c22-16-9-14(11-2-1-5-18-10-11)13-4-3-12(8-15(13)20-16)21-7-6-19-17(21)23/h1-5,8,10,14H,6-7,9H2,(H,19,23)(H,20,22). The number of hydrogen-bond acceptors (Lipinski definition) is 3. The molecule has 1 aromatic carbocycles. The molecule has 3 amide bonds. The van der Waals surface area contributed by atoms with Gasteiger partial charge in [-0.2, -0.15) is 0 Å². The first kappa shape index (κ1) is 13.8. The summed E-state index contributed by atoms with van der Waals surface area (Å²) in [4.78, 5) is 29.7. The van der Waals surface area contributed by atoms with Crippen LogP contribution in [-0.4, -0.2) is 30.0 Å². The van der Waals surface area contributed by atoms with Crippen molar-refractivity contribution in [3.05, 3.63) is 53.9 Å².